The Hall–Kier alpha value is -0.620. The van der Waals surface area contributed by atoms with Crippen LogP contribution >= 0.6 is 22.9 Å². The van der Waals surface area contributed by atoms with E-state index in [4.69, 9.17) is 11.6 Å². The van der Waals surface area contributed by atoms with Gasteiger partial charge in [-0.05, 0) is 25.5 Å². The number of halogens is 1. The first-order valence-corrected chi connectivity index (χ1v) is 7.23. The molecule has 1 saturated heterocycles. The van der Waals surface area contributed by atoms with E-state index in [1.165, 1.54) is 11.3 Å². The van der Waals surface area contributed by atoms with Crippen molar-refractivity contribution < 1.29 is 4.79 Å². The number of piperazine rings is 1. The van der Waals surface area contributed by atoms with Gasteiger partial charge >= 0.3 is 0 Å². The lowest BCUT2D eigenvalue weighted by Gasteiger charge is -2.37. The molecule has 18 heavy (non-hydrogen) atoms. The minimum absolute atomic E-state index is 0.0726. The summed E-state index contributed by atoms with van der Waals surface area (Å²) >= 11 is 7.32. The second-order valence-corrected chi connectivity index (χ2v) is 6.03. The lowest BCUT2D eigenvalue weighted by Crippen LogP contribution is -2.54. The van der Waals surface area contributed by atoms with Gasteiger partial charge in [0.1, 0.15) is 4.88 Å². The molecular formula is C12H18ClN3OS. The molecule has 1 aliphatic rings. The summed E-state index contributed by atoms with van der Waals surface area (Å²) in [5.74, 6) is -0.0726. The molecule has 0 aliphatic carbocycles. The highest BCUT2D eigenvalue weighted by Gasteiger charge is 2.23. The number of hydrogen-bond acceptors (Lipinski definition) is 4. The van der Waals surface area contributed by atoms with E-state index in [-0.39, 0.29) is 5.91 Å². The highest BCUT2D eigenvalue weighted by Crippen LogP contribution is 2.21. The molecule has 0 aromatic carbocycles. The first kappa shape index (κ1) is 13.8. The van der Waals surface area contributed by atoms with E-state index in [1.54, 1.807) is 6.07 Å². The molecule has 0 unspecified atom stereocenters. The lowest BCUT2D eigenvalue weighted by molar-refractivity contribution is 0.0885. The van der Waals surface area contributed by atoms with E-state index in [0.717, 1.165) is 19.6 Å². The number of likely N-dealkylation sites (N-methyl/N-ethyl adjacent to an activating group) is 2. The maximum absolute atomic E-state index is 11.9. The van der Waals surface area contributed by atoms with Crippen molar-refractivity contribution in [1.29, 1.82) is 0 Å². The zero-order chi connectivity index (χ0) is 13.1. The molecule has 1 aromatic rings. The quantitative estimate of drug-likeness (QED) is 0.912. The standard InChI is InChI=1S/C12H18ClN3OS/c1-15-4-5-16(2)9(8-15)7-14-12(17)11-10(13)3-6-18-11/h3,6,9H,4-5,7-8H2,1-2H3,(H,14,17)/t9-/m1/s1. The Morgan fingerprint density at radius 3 is 3.00 bits per heavy atom. The number of carbonyl (C=O) groups is 1. The van der Waals surface area contributed by atoms with Crippen molar-refractivity contribution >= 4 is 28.8 Å². The molecule has 1 fully saturated rings. The molecule has 1 atom stereocenters. The summed E-state index contributed by atoms with van der Waals surface area (Å²) in [5, 5.41) is 5.33. The van der Waals surface area contributed by atoms with Crippen molar-refractivity contribution in [3.8, 4) is 0 Å². The topological polar surface area (TPSA) is 35.6 Å². The number of carbonyl (C=O) groups excluding carboxylic acids is 1. The smallest absolute Gasteiger partial charge is 0.262 e. The van der Waals surface area contributed by atoms with Crippen LogP contribution in [-0.4, -0.2) is 62.0 Å². The van der Waals surface area contributed by atoms with Gasteiger partial charge in [0.15, 0.2) is 0 Å². The molecule has 0 spiro atoms. The van der Waals surface area contributed by atoms with Crippen molar-refractivity contribution in [3.05, 3.63) is 21.3 Å². The van der Waals surface area contributed by atoms with Crippen LogP contribution in [0.2, 0.25) is 5.02 Å². The van der Waals surface area contributed by atoms with Gasteiger partial charge in [-0.3, -0.25) is 9.69 Å². The fourth-order valence-corrected chi connectivity index (χ4v) is 3.13. The molecule has 1 amide bonds. The van der Waals surface area contributed by atoms with Gasteiger partial charge in [-0.1, -0.05) is 11.6 Å². The fourth-order valence-electron chi connectivity index (χ4n) is 2.07. The van der Waals surface area contributed by atoms with E-state index in [0.29, 0.717) is 22.5 Å². The van der Waals surface area contributed by atoms with Gasteiger partial charge in [0.2, 0.25) is 0 Å². The van der Waals surface area contributed by atoms with Crippen molar-refractivity contribution in [2.75, 3.05) is 40.3 Å². The molecule has 6 heteroatoms. The fraction of sp³-hybridized carbons (Fsp3) is 0.583. The molecule has 100 valence electrons. The minimum atomic E-state index is -0.0726. The summed E-state index contributed by atoms with van der Waals surface area (Å²) in [6, 6.07) is 2.12. The number of nitrogens with one attached hydrogen (secondary N) is 1. The maximum Gasteiger partial charge on any atom is 0.262 e. The van der Waals surface area contributed by atoms with Crippen LogP contribution in [0.3, 0.4) is 0 Å². The predicted octanol–water partition coefficient (Wildman–Crippen LogP) is 1.38. The van der Waals surface area contributed by atoms with E-state index in [1.807, 2.05) is 5.38 Å². The second kappa shape index (κ2) is 6.02. The van der Waals surface area contributed by atoms with Gasteiger partial charge in [-0.2, -0.15) is 0 Å². The maximum atomic E-state index is 11.9. The SMILES string of the molecule is CN1CCN(C)[C@H](CNC(=O)c2sccc2Cl)C1. The predicted molar refractivity (Wildman–Crippen MR) is 75.6 cm³/mol. The van der Waals surface area contributed by atoms with E-state index in [9.17, 15) is 4.79 Å². The molecular weight excluding hydrogens is 270 g/mol. The molecule has 1 aliphatic heterocycles. The number of thiophene rings is 1. The highest BCUT2D eigenvalue weighted by atomic mass is 35.5. The Bertz CT molecular complexity index is 423. The molecule has 4 nitrogen and oxygen atoms in total. The third kappa shape index (κ3) is 3.23. The first-order chi connectivity index (χ1) is 8.58. The van der Waals surface area contributed by atoms with Gasteiger partial charge in [0.05, 0.1) is 5.02 Å². The summed E-state index contributed by atoms with van der Waals surface area (Å²) in [5.41, 5.74) is 0. The summed E-state index contributed by atoms with van der Waals surface area (Å²) in [4.78, 5) is 17.1. The third-order valence-corrected chi connectivity index (χ3v) is 4.64. The first-order valence-electron chi connectivity index (χ1n) is 5.98. The van der Waals surface area contributed by atoms with Crippen molar-refractivity contribution in [3.63, 3.8) is 0 Å². The zero-order valence-electron chi connectivity index (χ0n) is 10.6. The van der Waals surface area contributed by atoms with Gasteiger partial charge < -0.3 is 10.2 Å². The van der Waals surface area contributed by atoms with Gasteiger partial charge in [-0.25, -0.2) is 0 Å². The number of hydrogen-bond donors (Lipinski definition) is 1. The average Bonchev–Trinajstić information content (AvgIpc) is 2.76. The largest absolute Gasteiger partial charge is 0.350 e. The minimum Gasteiger partial charge on any atom is -0.350 e. The molecule has 2 heterocycles. The van der Waals surface area contributed by atoms with E-state index < -0.39 is 0 Å². The molecule has 1 N–H and O–H groups in total. The Morgan fingerprint density at radius 1 is 1.56 bits per heavy atom. The van der Waals surface area contributed by atoms with Crippen LogP contribution in [-0.2, 0) is 0 Å². The van der Waals surface area contributed by atoms with E-state index >= 15 is 0 Å². The van der Waals surface area contributed by atoms with Crippen molar-refractivity contribution in [2.45, 2.75) is 6.04 Å². The molecule has 0 saturated carbocycles. The van der Waals surface area contributed by atoms with E-state index in [2.05, 4.69) is 29.2 Å². The summed E-state index contributed by atoms with van der Waals surface area (Å²) < 4.78 is 0. The van der Waals surface area contributed by atoms with Gasteiger partial charge in [0.25, 0.3) is 5.91 Å². The Kier molecular flexibility index (Phi) is 4.61. The summed E-state index contributed by atoms with van der Waals surface area (Å²) in [7, 11) is 4.21. The van der Waals surface area contributed by atoms with Gasteiger partial charge in [0, 0.05) is 32.2 Å². The average molecular weight is 288 g/mol. The van der Waals surface area contributed by atoms with Crippen LogP contribution in [0.4, 0.5) is 0 Å². The Balaban J connectivity index is 1.87. The Morgan fingerprint density at radius 2 is 2.33 bits per heavy atom. The van der Waals surface area contributed by atoms with Crippen molar-refractivity contribution in [2.24, 2.45) is 0 Å². The van der Waals surface area contributed by atoms with Crippen LogP contribution in [0.25, 0.3) is 0 Å². The normalized spacial score (nSPS) is 22.1. The van der Waals surface area contributed by atoms with Crippen LogP contribution in [0, 0.1) is 0 Å². The third-order valence-electron chi connectivity index (χ3n) is 3.30. The molecule has 0 radical (unpaired) electrons. The van der Waals surface area contributed by atoms with Gasteiger partial charge in [-0.15, -0.1) is 11.3 Å². The second-order valence-electron chi connectivity index (χ2n) is 4.70. The monoisotopic (exact) mass is 287 g/mol. The molecule has 0 bridgehead atoms. The number of rotatable bonds is 3. The summed E-state index contributed by atoms with van der Waals surface area (Å²) in [6.07, 6.45) is 0. The highest BCUT2D eigenvalue weighted by molar-refractivity contribution is 7.12. The van der Waals surface area contributed by atoms with Crippen LogP contribution < -0.4 is 5.32 Å². The van der Waals surface area contributed by atoms with Crippen LogP contribution in [0.5, 0.6) is 0 Å². The van der Waals surface area contributed by atoms with Crippen molar-refractivity contribution in [1.82, 2.24) is 15.1 Å². The Labute approximate surface area is 117 Å². The number of nitrogens with zero attached hydrogens (tertiary/aromatic N) is 2. The van der Waals surface area contributed by atoms with Crippen LogP contribution in [0.15, 0.2) is 11.4 Å². The van der Waals surface area contributed by atoms with Crippen LogP contribution in [0.1, 0.15) is 9.67 Å². The molecule has 1 aromatic heterocycles. The lowest BCUT2D eigenvalue weighted by atomic mass is 10.2. The number of amides is 1. The zero-order valence-corrected chi connectivity index (χ0v) is 12.2. The molecule has 2 rings (SSSR count). The summed E-state index contributed by atoms with van der Waals surface area (Å²) in [6.45, 7) is 3.76.